The number of aromatic nitrogens is 2. The third-order valence-electron chi connectivity index (χ3n) is 9.27. The Balaban J connectivity index is 1.66. The van der Waals surface area contributed by atoms with Crippen LogP contribution in [0.5, 0.6) is 5.75 Å². The number of hydrogen-bond acceptors (Lipinski definition) is 8. The van der Waals surface area contributed by atoms with Crippen molar-refractivity contribution in [2.45, 2.75) is 134 Å². The second kappa shape index (κ2) is 13.1. The summed E-state index contributed by atoms with van der Waals surface area (Å²) in [6.07, 6.45) is -5.02. The number of amides is 1. The molecule has 2 heterocycles. The monoisotopic (exact) mass is 775 g/mol. The topological polar surface area (TPSA) is 109 Å². The Labute approximate surface area is 293 Å². The van der Waals surface area contributed by atoms with E-state index in [4.69, 9.17) is 13.9 Å². The number of carbonyl (C=O) groups is 1. The minimum atomic E-state index is -6.08. The fraction of sp³-hybridized carbons (Fsp3) is 0.688. The number of fused-ring (bicyclic) bond motifs is 1. The Hall–Kier alpha value is -3.06. The van der Waals surface area contributed by atoms with Crippen molar-refractivity contribution < 1.29 is 62.0 Å². The molecule has 1 fully saturated rings. The fourth-order valence-electron chi connectivity index (χ4n) is 6.03. The predicted octanol–water partition coefficient (Wildman–Crippen LogP) is 8.84. The first-order valence-corrected chi connectivity index (χ1v) is 20.5. The van der Waals surface area contributed by atoms with Gasteiger partial charge in [-0.2, -0.15) is 39.2 Å². The molecule has 1 amide bonds. The van der Waals surface area contributed by atoms with Crippen LogP contribution < -0.4 is 4.74 Å². The molecule has 0 bridgehead atoms. The standard InChI is InChI=1S/C32H44F7N3O7SSi/c1-18-11-22(48-50(44,45)32(37,38)39)12-19(41(18)27(43)47-28(2,3)4)17-46-21-13-23-25(24(14-21)31(34,35)36)42(40-26(23)33)20-15-30(8,16-20)49-51(9,10)29(5,6)7/h11,13-14,18-20H,12,15-17H2,1-10H3/t18-,19-,20?,30?/m0/s1. The molecule has 288 valence electrons. The van der Waals surface area contributed by atoms with Gasteiger partial charge in [-0.1, -0.05) is 20.8 Å². The molecule has 4 rings (SSSR count). The molecule has 10 nitrogen and oxygen atoms in total. The maximum atomic E-state index is 15.4. The van der Waals surface area contributed by atoms with Crippen LogP contribution in [0.25, 0.3) is 10.9 Å². The van der Waals surface area contributed by atoms with Crippen molar-refractivity contribution in [3.05, 3.63) is 35.5 Å². The van der Waals surface area contributed by atoms with Gasteiger partial charge in [0, 0.05) is 6.42 Å². The second-order valence-corrected chi connectivity index (χ2v) is 22.2. The summed E-state index contributed by atoms with van der Waals surface area (Å²) in [5, 5.41) is 3.24. The summed E-state index contributed by atoms with van der Waals surface area (Å²) in [6.45, 7) is 17.5. The lowest BCUT2D eigenvalue weighted by Crippen LogP contribution is -2.54. The SMILES string of the molecule is C[C@H]1C=C(OS(=O)(=O)C(F)(F)F)C[C@@H](COc2cc(C(F)(F)F)c3c(c2)c(F)nn3C2CC(C)(O[Si](C)(C)C(C)(C)C)C2)N1C(=O)OC(C)(C)C. The molecule has 51 heavy (non-hydrogen) atoms. The van der Waals surface area contributed by atoms with Crippen LogP contribution >= 0.6 is 0 Å². The second-order valence-electron chi connectivity index (χ2n) is 15.9. The van der Waals surface area contributed by atoms with Gasteiger partial charge in [-0.05, 0) is 83.8 Å². The molecule has 0 unspecified atom stereocenters. The Kier molecular flexibility index (Phi) is 10.5. The summed E-state index contributed by atoms with van der Waals surface area (Å²) in [5.74, 6) is -2.33. The third-order valence-corrected chi connectivity index (χ3v) is 14.9. The van der Waals surface area contributed by atoms with Crippen molar-refractivity contribution in [2.75, 3.05) is 6.61 Å². The van der Waals surface area contributed by atoms with Gasteiger partial charge in [0.25, 0.3) is 0 Å². The Morgan fingerprint density at radius 1 is 1.04 bits per heavy atom. The highest BCUT2D eigenvalue weighted by molar-refractivity contribution is 7.87. The van der Waals surface area contributed by atoms with Crippen LogP contribution in [-0.4, -0.2) is 72.9 Å². The molecule has 1 aliphatic heterocycles. The quantitative estimate of drug-likeness (QED) is 0.113. The van der Waals surface area contributed by atoms with E-state index in [2.05, 4.69) is 43.1 Å². The van der Waals surface area contributed by atoms with Gasteiger partial charge in [0.15, 0.2) is 8.32 Å². The molecule has 2 aromatic rings. The highest BCUT2D eigenvalue weighted by atomic mass is 32.2. The van der Waals surface area contributed by atoms with E-state index in [1.807, 2.05) is 6.92 Å². The number of benzene rings is 1. The molecule has 0 radical (unpaired) electrons. The van der Waals surface area contributed by atoms with Crippen molar-refractivity contribution in [2.24, 2.45) is 0 Å². The van der Waals surface area contributed by atoms with Crippen molar-refractivity contribution in [3.63, 3.8) is 0 Å². The molecule has 1 aromatic carbocycles. The van der Waals surface area contributed by atoms with Gasteiger partial charge in [0.1, 0.15) is 23.7 Å². The first kappa shape index (κ1) is 40.7. The smallest absolute Gasteiger partial charge is 0.491 e. The van der Waals surface area contributed by atoms with Gasteiger partial charge in [-0.25, -0.2) is 4.79 Å². The number of nitrogens with zero attached hydrogens (tertiary/aromatic N) is 3. The zero-order valence-corrected chi connectivity index (χ0v) is 31.9. The molecule has 1 aromatic heterocycles. The number of carbonyl (C=O) groups excluding carboxylic acids is 1. The Bertz CT molecular complexity index is 1790. The lowest BCUT2D eigenvalue weighted by molar-refractivity contribution is -0.136. The summed E-state index contributed by atoms with van der Waals surface area (Å²) in [5.41, 5.74) is -9.16. The summed E-state index contributed by atoms with van der Waals surface area (Å²) in [6, 6.07) is -1.32. The third kappa shape index (κ3) is 8.77. The molecule has 0 saturated heterocycles. The van der Waals surface area contributed by atoms with Crippen molar-refractivity contribution in [3.8, 4) is 5.75 Å². The first-order chi connectivity index (χ1) is 22.8. The van der Waals surface area contributed by atoms with Crippen molar-refractivity contribution >= 4 is 35.4 Å². The largest absolute Gasteiger partial charge is 0.534 e. The maximum absolute atomic E-state index is 15.4. The number of hydrogen-bond donors (Lipinski definition) is 0. The molecule has 1 saturated carbocycles. The van der Waals surface area contributed by atoms with E-state index in [-0.39, 0.29) is 5.04 Å². The molecule has 2 atom stereocenters. The van der Waals surface area contributed by atoms with E-state index >= 15 is 4.39 Å². The van der Waals surface area contributed by atoms with Crippen LogP contribution in [0.3, 0.4) is 0 Å². The summed E-state index contributed by atoms with van der Waals surface area (Å²) in [4.78, 5) is 14.2. The average Bonchev–Trinajstić information content (AvgIpc) is 3.22. The van der Waals surface area contributed by atoms with Gasteiger partial charge in [0.05, 0.1) is 40.2 Å². The van der Waals surface area contributed by atoms with Gasteiger partial charge < -0.3 is 18.1 Å². The van der Waals surface area contributed by atoms with Crippen LogP contribution in [0.2, 0.25) is 18.1 Å². The van der Waals surface area contributed by atoms with Crippen LogP contribution in [-0.2, 0) is 29.6 Å². The maximum Gasteiger partial charge on any atom is 0.534 e. The van der Waals surface area contributed by atoms with E-state index in [0.29, 0.717) is 18.9 Å². The van der Waals surface area contributed by atoms with Crippen LogP contribution in [0.1, 0.15) is 86.3 Å². The summed E-state index contributed by atoms with van der Waals surface area (Å²) >= 11 is 0. The fourth-order valence-corrected chi connectivity index (χ4v) is 8.23. The van der Waals surface area contributed by atoms with Crippen LogP contribution in [0, 0.1) is 5.95 Å². The van der Waals surface area contributed by atoms with E-state index in [1.165, 1.54) is 6.92 Å². The zero-order valence-electron chi connectivity index (χ0n) is 30.0. The first-order valence-electron chi connectivity index (χ1n) is 16.2. The van der Waals surface area contributed by atoms with Crippen LogP contribution in [0.15, 0.2) is 24.0 Å². The lowest BCUT2D eigenvalue weighted by Gasteiger charge is -2.51. The highest BCUT2D eigenvalue weighted by Gasteiger charge is 2.51. The van der Waals surface area contributed by atoms with Gasteiger partial charge in [-0.15, -0.1) is 5.10 Å². The molecule has 2 aliphatic rings. The van der Waals surface area contributed by atoms with E-state index in [9.17, 15) is 39.6 Å². The minimum absolute atomic E-state index is 0.114. The van der Waals surface area contributed by atoms with E-state index in [0.717, 1.165) is 21.7 Å². The zero-order chi connectivity index (χ0) is 38.9. The normalized spacial score (nSPS) is 23.9. The van der Waals surface area contributed by atoms with E-state index in [1.54, 1.807) is 20.8 Å². The van der Waals surface area contributed by atoms with Crippen molar-refractivity contribution in [1.29, 1.82) is 0 Å². The van der Waals surface area contributed by atoms with Gasteiger partial charge in [-0.3, -0.25) is 9.58 Å². The molecule has 0 spiro atoms. The summed E-state index contributed by atoms with van der Waals surface area (Å²) in [7, 11) is -8.32. The molecule has 1 aliphatic carbocycles. The van der Waals surface area contributed by atoms with Gasteiger partial charge >= 0.3 is 27.9 Å². The minimum Gasteiger partial charge on any atom is -0.491 e. The molecular formula is C32H44F7N3O7SSi. The Morgan fingerprint density at radius 3 is 2.14 bits per heavy atom. The lowest BCUT2D eigenvalue weighted by atomic mass is 9.77. The van der Waals surface area contributed by atoms with Gasteiger partial charge in [0.2, 0.25) is 5.95 Å². The van der Waals surface area contributed by atoms with Crippen LogP contribution in [0.4, 0.5) is 35.5 Å². The number of halogens is 7. The number of ether oxygens (including phenoxy) is 2. The van der Waals surface area contributed by atoms with E-state index < -0.39 is 112 Å². The molecular weight excluding hydrogens is 732 g/mol. The number of rotatable bonds is 8. The Morgan fingerprint density at radius 2 is 1.63 bits per heavy atom. The number of alkyl halides is 6. The molecule has 19 heteroatoms. The predicted molar refractivity (Wildman–Crippen MR) is 175 cm³/mol. The van der Waals surface area contributed by atoms with Crippen molar-refractivity contribution in [1.82, 2.24) is 14.7 Å². The summed E-state index contributed by atoms with van der Waals surface area (Å²) < 4.78 is 145. The average molecular weight is 776 g/mol. The molecule has 0 N–H and O–H groups in total. The highest BCUT2D eigenvalue weighted by Crippen LogP contribution is 2.51.